The predicted molar refractivity (Wildman–Crippen MR) is 78.4 cm³/mol. The zero-order valence-electron chi connectivity index (χ0n) is 10.4. The smallest absolute Gasteiger partial charge is 0.258 e. The molecule has 8 heteroatoms. The second-order valence-corrected chi connectivity index (χ2v) is 5.23. The summed E-state index contributed by atoms with van der Waals surface area (Å²) in [7, 11) is 0. The highest BCUT2D eigenvalue weighted by molar-refractivity contribution is 7.21. The van der Waals surface area contributed by atoms with Crippen LogP contribution in [-0.4, -0.2) is 14.8 Å². The molecule has 7 nitrogen and oxygen atoms in total. The first-order chi connectivity index (χ1) is 10.1. The summed E-state index contributed by atoms with van der Waals surface area (Å²) in [6.07, 6.45) is 0. The van der Waals surface area contributed by atoms with E-state index in [1.54, 1.807) is 0 Å². The first-order valence-corrected chi connectivity index (χ1v) is 6.66. The Labute approximate surface area is 121 Å². The van der Waals surface area contributed by atoms with Gasteiger partial charge in [-0.1, -0.05) is 12.1 Å². The molecule has 0 aliphatic rings. The van der Waals surface area contributed by atoms with Crippen molar-refractivity contribution in [2.75, 3.05) is 0 Å². The quantitative estimate of drug-likeness (QED) is 0.541. The van der Waals surface area contributed by atoms with Crippen LogP contribution in [0.5, 0.6) is 0 Å². The molecule has 1 heterocycles. The fraction of sp³-hybridized carbons (Fsp3) is 0. The first kappa shape index (κ1) is 13.1. The molecule has 3 aromatic rings. The third-order valence-electron chi connectivity index (χ3n) is 2.91. The number of nitrogens with zero attached hydrogens (tertiary/aromatic N) is 3. The number of hydrogen-bond acceptors (Lipinski definition) is 6. The first-order valence-electron chi connectivity index (χ1n) is 5.85. The van der Waals surface area contributed by atoms with Crippen LogP contribution >= 0.6 is 11.3 Å². The molecule has 0 fully saturated rings. The van der Waals surface area contributed by atoms with Crippen molar-refractivity contribution in [1.82, 2.24) is 4.98 Å². The van der Waals surface area contributed by atoms with Gasteiger partial charge in [0, 0.05) is 6.07 Å². The maximum atomic E-state index is 11.1. The molecule has 0 saturated carbocycles. The summed E-state index contributed by atoms with van der Waals surface area (Å²) in [5.41, 5.74) is 0.395. The van der Waals surface area contributed by atoms with E-state index in [0.29, 0.717) is 5.01 Å². The normalized spacial score (nSPS) is 10.7. The van der Waals surface area contributed by atoms with Gasteiger partial charge in [0.25, 0.3) is 11.4 Å². The molecule has 0 aliphatic carbocycles. The molecule has 0 atom stereocenters. The summed E-state index contributed by atoms with van der Waals surface area (Å²) < 4.78 is 0.903. The fourth-order valence-electron chi connectivity index (χ4n) is 1.95. The van der Waals surface area contributed by atoms with Crippen molar-refractivity contribution in [3.05, 3.63) is 62.7 Å². The Balaban J connectivity index is 2.21. The van der Waals surface area contributed by atoms with Crippen molar-refractivity contribution in [2.45, 2.75) is 0 Å². The molecule has 21 heavy (non-hydrogen) atoms. The van der Waals surface area contributed by atoms with Crippen LogP contribution in [0.2, 0.25) is 0 Å². The lowest BCUT2D eigenvalue weighted by atomic mass is 10.1. The Kier molecular flexibility index (Phi) is 3.07. The third-order valence-corrected chi connectivity index (χ3v) is 3.98. The average Bonchev–Trinajstić information content (AvgIpc) is 2.90. The minimum atomic E-state index is -0.658. The third kappa shape index (κ3) is 2.32. The van der Waals surface area contributed by atoms with E-state index in [1.807, 2.05) is 24.3 Å². The van der Waals surface area contributed by atoms with Gasteiger partial charge in [0.1, 0.15) is 5.01 Å². The molecule has 1 aromatic heterocycles. The molecule has 0 bridgehead atoms. The molecule has 0 spiro atoms. The molecule has 2 aromatic carbocycles. The van der Waals surface area contributed by atoms with E-state index in [2.05, 4.69) is 4.98 Å². The molecule has 0 aliphatic heterocycles. The zero-order chi connectivity index (χ0) is 15.0. The van der Waals surface area contributed by atoms with Gasteiger partial charge in [-0.3, -0.25) is 20.2 Å². The Hall–Kier alpha value is -2.87. The predicted octanol–water partition coefficient (Wildman–Crippen LogP) is 3.78. The van der Waals surface area contributed by atoms with Gasteiger partial charge in [-0.05, 0) is 18.2 Å². The van der Waals surface area contributed by atoms with Gasteiger partial charge >= 0.3 is 0 Å². The number of thiazole rings is 1. The van der Waals surface area contributed by atoms with Gasteiger partial charge < -0.3 is 0 Å². The van der Waals surface area contributed by atoms with Crippen molar-refractivity contribution >= 4 is 32.9 Å². The van der Waals surface area contributed by atoms with Crippen LogP contribution in [0.3, 0.4) is 0 Å². The van der Waals surface area contributed by atoms with E-state index >= 15 is 0 Å². The fourth-order valence-corrected chi connectivity index (χ4v) is 2.95. The summed E-state index contributed by atoms with van der Waals surface area (Å²) in [6.45, 7) is 0. The summed E-state index contributed by atoms with van der Waals surface area (Å²) in [5, 5.41) is 22.3. The number of non-ortho nitro benzene ring substituents is 1. The summed E-state index contributed by atoms with van der Waals surface area (Å²) in [4.78, 5) is 24.9. The van der Waals surface area contributed by atoms with E-state index in [1.165, 1.54) is 23.5 Å². The van der Waals surface area contributed by atoms with E-state index in [4.69, 9.17) is 0 Å². The number of hydrogen-bond donors (Lipinski definition) is 0. The summed E-state index contributed by atoms with van der Waals surface area (Å²) >= 11 is 1.31. The van der Waals surface area contributed by atoms with Crippen LogP contribution in [0.1, 0.15) is 0 Å². The highest BCUT2D eigenvalue weighted by atomic mass is 32.1. The van der Waals surface area contributed by atoms with Crippen LogP contribution < -0.4 is 0 Å². The van der Waals surface area contributed by atoms with Crippen LogP contribution in [0.25, 0.3) is 20.8 Å². The second-order valence-electron chi connectivity index (χ2n) is 4.20. The van der Waals surface area contributed by atoms with Crippen molar-refractivity contribution in [3.8, 4) is 10.6 Å². The minimum absolute atomic E-state index is 0.284. The second kappa shape index (κ2) is 4.91. The van der Waals surface area contributed by atoms with E-state index in [-0.39, 0.29) is 16.9 Å². The molecular weight excluding hydrogens is 294 g/mol. The van der Waals surface area contributed by atoms with Crippen molar-refractivity contribution < 1.29 is 9.85 Å². The minimum Gasteiger partial charge on any atom is -0.258 e. The maximum absolute atomic E-state index is 11.1. The van der Waals surface area contributed by atoms with Crippen LogP contribution in [0, 0.1) is 20.2 Å². The Morgan fingerprint density at radius 1 is 1.00 bits per heavy atom. The van der Waals surface area contributed by atoms with E-state index < -0.39 is 9.85 Å². The number of nitro groups is 2. The van der Waals surface area contributed by atoms with Gasteiger partial charge in [0.15, 0.2) is 0 Å². The lowest BCUT2D eigenvalue weighted by Gasteiger charge is -1.99. The Morgan fingerprint density at radius 2 is 1.76 bits per heavy atom. The summed E-state index contributed by atoms with van der Waals surface area (Å²) in [6, 6.07) is 10.9. The monoisotopic (exact) mass is 301 g/mol. The largest absolute Gasteiger partial charge is 0.286 e. The number of nitro benzene ring substituents is 2. The van der Waals surface area contributed by atoms with Gasteiger partial charge in [-0.15, -0.1) is 11.3 Å². The van der Waals surface area contributed by atoms with Gasteiger partial charge in [-0.25, -0.2) is 4.98 Å². The number of benzene rings is 2. The zero-order valence-corrected chi connectivity index (χ0v) is 11.2. The van der Waals surface area contributed by atoms with Crippen molar-refractivity contribution in [3.63, 3.8) is 0 Å². The summed E-state index contributed by atoms with van der Waals surface area (Å²) in [5.74, 6) is 0. The highest BCUT2D eigenvalue weighted by Crippen LogP contribution is 2.37. The molecule has 0 amide bonds. The molecular formula is C13H7N3O4S. The number of rotatable bonds is 3. The van der Waals surface area contributed by atoms with Crippen LogP contribution in [0.4, 0.5) is 11.4 Å². The topological polar surface area (TPSA) is 99.2 Å². The Bertz CT molecular complexity index is 842. The molecule has 0 radical (unpaired) electrons. The molecule has 0 N–H and O–H groups in total. The standard InChI is InChI=1S/C13H7N3O4S/c17-15(18)8-5-6-9(11(7-8)16(19)20)13-14-10-3-1-2-4-12(10)21-13/h1-7H. The SMILES string of the molecule is O=[N+]([O-])c1ccc(-c2nc3ccccc3s2)c([N+](=O)[O-])c1. The van der Waals surface area contributed by atoms with Crippen molar-refractivity contribution in [2.24, 2.45) is 0 Å². The van der Waals surface area contributed by atoms with Crippen molar-refractivity contribution in [1.29, 1.82) is 0 Å². The van der Waals surface area contributed by atoms with Crippen LogP contribution in [0.15, 0.2) is 42.5 Å². The number of para-hydroxylation sites is 1. The van der Waals surface area contributed by atoms with E-state index in [9.17, 15) is 20.2 Å². The lowest BCUT2D eigenvalue weighted by molar-refractivity contribution is -0.393. The molecule has 0 unspecified atom stereocenters. The number of fused-ring (bicyclic) bond motifs is 1. The van der Waals surface area contributed by atoms with Gasteiger partial charge in [0.2, 0.25) is 0 Å². The van der Waals surface area contributed by atoms with Gasteiger partial charge in [-0.2, -0.15) is 0 Å². The highest BCUT2D eigenvalue weighted by Gasteiger charge is 2.22. The van der Waals surface area contributed by atoms with E-state index in [0.717, 1.165) is 16.3 Å². The molecule has 0 saturated heterocycles. The lowest BCUT2D eigenvalue weighted by Crippen LogP contribution is -1.95. The molecule has 3 rings (SSSR count). The number of aromatic nitrogens is 1. The van der Waals surface area contributed by atoms with Gasteiger partial charge in [0.05, 0.1) is 31.7 Å². The Morgan fingerprint density at radius 3 is 2.43 bits per heavy atom. The maximum Gasteiger partial charge on any atom is 0.286 e. The van der Waals surface area contributed by atoms with Crippen LogP contribution in [-0.2, 0) is 0 Å². The molecule has 104 valence electrons. The average molecular weight is 301 g/mol.